The number of nitrogens with one attached hydrogen (secondary N) is 4. The Hall–Kier alpha value is -8.74. The maximum atomic E-state index is 15.9. The Bertz CT molecular complexity index is 5480. The number of hydrogen-bond acceptors (Lipinski definition) is 21. The predicted octanol–water partition coefficient (Wildman–Crippen LogP) is 9.05. The van der Waals surface area contributed by atoms with Gasteiger partial charge in [0, 0.05) is 91.5 Å². The number of allylic oxidation sites excluding steroid dienone is 7. The zero-order valence-electron chi connectivity index (χ0n) is 64.7. The highest BCUT2D eigenvalue weighted by Crippen LogP contribution is 2.50. The van der Waals surface area contributed by atoms with E-state index in [0.29, 0.717) is 107 Å². The number of nitrogens with zero attached hydrogens (tertiary/aromatic N) is 2. The van der Waals surface area contributed by atoms with Crippen molar-refractivity contribution < 1.29 is 120 Å². The second-order valence-corrected chi connectivity index (χ2v) is 39.6. The van der Waals surface area contributed by atoms with Crippen molar-refractivity contribution in [2.45, 2.75) is 192 Å². The number of rotatable bonds is 38. The molecule has 10 N–H and O–H groups in total. The molecule has 5 aromatic carbocycles. The van der Waals surface area contributed by atoms with Gasteiger partial charge in [0.25, 0.3) is 30.4 Å². The van der Waals surface area contributed by atoms with Crippen LogP contribution in [0.2, 0.25) is 0 Å². The number of halogens is 3. The van der Waals surface area contributed by atoms with Gasteiger partial charge in [-0.3, -0.25) is 28.0 Å². The number of carboxylic acid groups (broad SMARTS) is 1. The van der Waals surface area contributed by atoms with E-state index >= 15 is 13.2 Å². The highest BCUT2D eigenvalue weighted by molar-refractivity contribution is 7.91. The van der Waals surface area contributed by atoms with E-state index in [1.807, 2.05) is 61.5 Å². The minimum absolute atomic E-state index is 0.00242. The molecule has 0 saturated heterocycles. The summed E-state index contributed by atoms with van der Waals surface area (Å²) in [6.45, 7) is 6.94. The third kappa shape index (κ3) is 24.5. The molecule has 117 heavy (non-hydrogen) atoms. The molecule has 1 saturated carbocycles. The number of benzene rings is 5. The molecular weight excluding hydrogens is 1650 g/mol. The van der Waals surface area contributed by atoms with Crippen LogP contribution in [0, 0.1) is 17.5 Å². The molecule has 9 rings (SSSR count). The largest absolute Gasteiger partial charge is 0.748 e. The van der Waals surface area contributed by atoms with Gasteiger partial charge in [-0.1, -0.05) is 94.5 Å². The quantitative estimate of drug-likeness (QED) is 0.00769. The van der Waals surface area contributed by atoms with Crippen LogP contribution in [0.15, 0.2) is 157 Å². The highest BCUT2D eigenvalue weighted by atomic mass is 32.2. The van der Waals surface area contributed by atoms with Crippen LogP contribution in [-0.2, 0) is 108 Å². The first-order valence-electron chi connectivity index (χ1n) is 37.8. The van der Waals surface area contributed by atoms with Crippen molar-refractivity contribution in [2.75, 3.05) is 60.3 Å². The number of aliphatic carboxylic acids is 1. The van der Waals surface area contributed by atoms with E-state index in [-0.39, 0.29) is 93.3 Å². The summed E-state index contributed by atoms with van der Waals surface area (Å²) >= 11 is 0. The van der Waals surface area contributed by atoms with Crippen molar-refractivity contribution in [3.63, 3.8) is 0 Å². The van der Waals surface area contributed by atoms with Gasteiger partial charge in [0.05, 0.1) is 55.7 Å². The van der Waals surface area contributed by atoms with Crippen LogP contribution in [0.4, 0.5) is 30.2 Å². The van der Waals surface area contributed by atoms with Crippen molar-refractivity contribution >= 4 is 107 Å². The number of unbranched alkanes of at least 4 members (excludes halogenated alkanes) is 2. The lowest BCUT2D eigenvalue weighted by molar-refractivity contribution is -0.438. The van der Waals surface area contributed by atoms with Crippen LogP contribution in [0.1, 0.15) is 153 Å². The number of carboxylic acids is 1. The molecule has 0 radical (unpaired) electrons. The number of anilines is 2. The minimum Gasteiger partial charge on any atom is -0.748 e. The highest BCUT2D eigenvalue weighted by Gasteiger charge is 2.46. The fourth-order valence-electron chi connectivity index (χ4n) is 14.8. The van der Waals surface area contributed by atoms with Gasteiger partial charge in [0.2, 0.25) is 33.4 Å². The molecule has 2 atom stereocenters. The molecule has 1 fully saturated rings. The lowest BCUT2D eigenvalue weighted by Gasteiger charge is -2.28. The lowest BCUT2D eigenvalue weighted by Crippen LogP contribution is -2.53. The molecule has 30 nitrogen and oxygen atoms in total. The molecule has 0 unspecified atom stereocenters. The van der Waals surface area contributed by atoms with Crippen LogP contribution in [0.25, 0.3) is 0 Å². The summed E-state index contributed by atoms with van der Waals surface area (Å²) < 4.78 is 251. The molecule has 2 heterocycles. The normalized spacial score (nSPS) is 17.5. The van der Waals surface area contributed by atoms with Crippen LogP contribution in [0.5, 0.6) is 5.75 Å². The molecule has 39 heteroatoms. The van der Waals surface area contributed by atoms with Gasteiger partial charge in [-0.2, -0.15) is 29.8 Å². The standard InChI is InChI=1S/C78H96F3N7O23S6/c1-77(2)58-48-56(116(104,105)106)30-32-62(58)87(39-13-15-43-113(96,97)98)64(77)34-26-52-20-17-21-53(27-35-65-78(3,4)59-49-57(117(107,108)109)31-33-63(59)88(65)40-14-16-44-114(99,100)101)72(52)111-55-28-24-51(25-29-55)47-61(76(92)93)86-75(91)60(46-50-18-9-8-10-19-50)85-67(90)36-41-110-42-38-83-66(89)37-45-112(94,95)74-69(80)68(79)73(115(82,102)103)70(81)71(74)84-54-22-11-6-5-7-12-23-54/h8-10,18-19,24-35,48-49,54,60-61,84H,5-7,11-17,20-23,36-47H2,1-4H3,(H9-,82,83,85,86,89,90,91,92,93,96,97,98,99,100,101,102,103,104,105,106,107,108,109)/t60-,61-/m0/s1. The average molecular weight is 1750 g/mol. The summed E-state index contributed by atoms with van der Waals surface area (Å²) in [5.41, 5.74) is 2.57. The summed E-state index contributed by atoms with van der Waals surface area (Å²) in [6.07, 6.45) is 12.1. The van der Waals surface area contributed by atoms with Crippen LogP contribution >= 0.6 is 0 Å². The summed E-state index contributed by atoms with van der Waals surface area (Å²) in [5.74, 6) is -12.1. The fraction of sp³-hybridized carbons (Fsp3) is 0.449. The topological polar surface area (TPSA) is 476 Å². The van der Waals surface area contributed by atoms with Crippen molar-refractivity contribution in [3.05, 3.63) is 178 Å². The molecule has 0 spiro atoms. The summed E-state index contributed by atoms with van der Waals surface area (Å²) in [4.78, 5) is 51.6. The first kappa shape index (κ1) is 92.1. The van der Waals surface area contributed by atoms with Crippen LogP contribution in [-0.4, -0.2) is 176 Å². The minimum atomic E-state index is -5.25. The zero-order valence-corrected chi connectivity index (χ0v) is 69.6. The molecule has 638 valence electrons. The average Bonchev–Trinajstić information content (AvgIpc) is 1.71. The molecular formula is C78H96F3N7O23S6. The predicted molar refractivity (Wildman–Crippen MR) is 426 cm³/mol. The van der Waals surface area contributed by atoms with Gasteiger partial charge >= 0.3 is 5.97 Å². The van der Waals surface area contributed by atoms with Gasteiger partial charge in [-0.05, 0) is 148 Å². The van der Waals surface area contributed by atoms with E-state index in [9.17, 15) is 93.0 Å². The smallest absolute Gasteiger partial charge is 0.326 e. The number of nitrogens with two attached hydrogens (primary N) is 1. The van der Waals surface area contributed by atoms with Crippen molar-refractivity contribution in [3.8, 4) is 5.75 Å². The monoisotopic (exact) mass is 1750 g/mol. The Morgan fingerprint density at radius 3 is 1.90 bits per heavy atom. The maximum Gasteiger partial charge on any atom is 0.326 e. The van der Waals surface area contributed by atoms with Crippen molar-refractivity contribution in [1.29, 1.82) is 0 Å². The fourth-order valence-corrected chi connectivity index (χ4v) is 19.1. The summed E-state index contributed by atoms with van der Waals surface area (Å²) in [7, 11) is -28.5. The second-order valence-electron chi connectivity index (χ2n) is 30.1. The van der Waals surface area contributed by atoms with Gasteiger partial charge in [0.15, 0.2) is 37.9 Å². The van der Waals surface area contributed by atoms with Crippen molar-refractivity contribution in [2.24, 2.45) is 5.14 Å². The van der Waals surface area contributed by atoms with Gasteiger partial charge in [-0.15, -0.1) is 0 Å². The Morgan fingerprint density at radius 2 is 1.26 bits per heavy atom. The number of amides is 3. The van der Waals surface area contributed by atoms with E-state index in [4.69, 9.17) is 14.6 Å². The molecule has 0 aromatic heterocycles. The number of carbonyl (C=O) groups is 4. The maximum absolute atomic E-state index is 15.9. The number of primary sulfonamides is 1. The second kappa shape index (κ2) is 38.5. The van der Waals surface area contributed by atoms with Gasteiger partial charge in [-0.25, -0.2) is 48.4 Å². The zero-order chi connectivity index (χ0) is 85.8. The Balaban J connectivity index is 0.916. The SMILES string of the molecule is CC1(C)C(/C=C/C2=C(Oc3ccc(C[C@H](NC(=O)[C@H](Cc4ccccc4)NC(=O)CCOCCNC(=O)CCS(=O)(=O)c4c(F)c(F)c(S(N)(=O)=O)c(F)c4NC4CCCCCCC4)C(=O)O)cc3)C(=C/C=C3/N(CCCCS(=O)(=O)[O-])c4ccc(S(=O)(=O)O)cc4C3(C)C)/CCC2)=[N+](CCCCS(=O)(=O)O)c2ccc(S(=O)(=O)O)cc21. The number of fused-ring (bicyclic) bond motifs is 2. The molecule has 4 aliphatic rings. The number of carbonyl (C=O) groups excluding carboxylic acids is 3. The summed E-state index contributed by atoms with van der Waals surface area (Å²) in [6, 6.07) is 19.5. The first-order valence-corrected chi connectivity index (χ1v) is 47.1. The Labute approximate surface area is 679 Å². The van der Waals surface area contributed by atoms with Crippen molar-refractivity contribution in [1.82, 2.24) is 16.0 Å². The van der Waals surface area contributed by atoms with Crippen LogP contribution < -0.4 is 36.0 Å². The molecule has 5 aromatic rings. The molecule has 0 bridgehead atoms. The molecule has 2 aliphatic heterocycles. The number of sulfone groups is 1. The van der Waals surface area contributed by atoms with E-state index in [1.165, 1.54) is 36.4 Å². The third-order valence-electron chi connectivity index (χ3n) is 20.8. The van der Waals surface area contributed by atoms with E-state index < -0.39 is 170 Å². The molecule has 3 amide bonds. The third-order valence-corrected chi connectivity index (χ3v) is 26.8. The first-order chi connectivity index (χ1) is 54.7. The lowest BCUT2D eigenvalue weighted by atomic mass is 9.81. The molecule has 2 aliphatic carbocycles. The Morgan fingerprint density at radius 1 is 0.650 bits per heavy atom. The number of ether oxygens (including phenoxy) is 2. The number of hydrogen-bond donors (Lipinski definition) is 9. The summed E-state index contributed by atoms with van der Waals surface area (Å²) in [5, 5.41) is 25.8. The Kier molecular flexibility index (Phi) is 30.4. The van der Waals surface area contributed by atoms with E-state index in [2.05, 4.69) is 21.3 Å². The van der Waals surface area contributed by atoms with Gasteiger partial charge < -0.3 is 45.3 Å². The number of sulfonamides is 1. The van der Waals surface area contributed by atoms with E-state index in [1.54, 1.807) is 54.6 Å². The van der Waals surface area contributed by atoms with Crippen LogP contribution in [0.3, 0.4) is 0 Å². The van der Waals surface area contributed by atoms with E-state index in [0.717, 1.165) is 19.3 Å². The van der Waals surface area contributed by atoms with Gasteiger partial charge in [0.1, 0.15) is 35.0 Å².